The smallest absolute Gasteiger partial charge is 0.126 e. The minimum atomic E-state index is -0.0803. The highest BCUT2D eigenvalue weighted by molar-refractivity contribution is 5.19. The van der Waals surface area contributed by atoms with E-state index in [1.54, 1.807) is 12.1 Å². The standard InChI is InChI=1S/C19H24FN/c20-18-11-5-4-8-16(18)13-15-21-14-7-6-12-19(21)17-9-2-1-3-10-17/h4-8,11-12,14,17,19H,1-3,9-10,13,15H2. The van der Waals surface area contributed by atoms with E-state index in [-0.39, 0.29) is 5.82 Å². The Kier molecular flexibility index (Phi) is 4.74. The Hall–Kier alpha value is -1.57. The molecule has 1 aromatic rings. The van der Waals surface area contributed by atoms with E-state index >= 15 is 0 Å². The van der Waals surface area contributed by atoms with Crippen LogP contribution < -0.4 is 0 Å². The molecular weight excluding hydrogens is 261 g/mol. The molecule has 0 N–H and O–H groups in total. The van der Waals surface area contributed by atoms with Gasteiger partial charge >= 0.3 is 0 Å². The second-order valence-electron chi connectivity index (χ2n) is 6.19. The van der Waals surface area contributed by atoms with Crippen LogP contribution in [-0.2, 0) is 6.42 Å². The SMILES string of the molecule is Fc1ccccc1CCN1C=CC=CC1C1CCCCC1. The summed E-state index contributed by atoms with van der Waals surface area (Å²) in [5.74, 6) is 0.684. The fraction of sp³-hybridized carbons (Fsp3) is 0.474. The van der Waals surface area contributed by atoms with Gasteiger partial charge in [0.1, 0.15) is 5.82 Å². The molecule has 2 heteroatoms. The topological polar surface area (TPSA) is 3.24 Å². The third-order valence-corrected chi connectivity index (χ3v) is 4.81. The molecule has 0 aromatic heterocycles. The lowest BCUT2D eigenvalue weighted by Crippen LogP contribution is -2.39. The van der Waals surface area contributed by atoms with E-state index in [4.69, 9.17) is 0 Å². The number of allylic oxidation sites excluding steroid dienone is 2. The van der Waals surface area contributed by atoms with Crippen LogP contribution in [0.1, 0.15) is 37.7 Å². The first kappa shape index (κ1) is 14.4. The minimum absolute atomic E-state index is 0.0803. The van der Waals surface area contributed by atoms with Crippen molar-refractivity contribution in [2.24, 2.45) is 5.92 Å². The zero-order valence-corrected chi connectivity index (χ0v) is 12.5. The summed E-state index contributed by atoms with van der Waals surface area (Å²) in [4.78, 5) is 2.41. The van der Waals surface area contributed by atoms with E-state index in [1.807, 2.05) is 12.1 Å². The van der Waals surface area contributed by atoms with Gasteiger partial charge in [0.05, 0.1) is 0 Å². The molecule has 1 aliphatic carbocycles. The lowest BCUT2D eigenvalue weighted by Gasteiger charge is -2.38. The van der Waals surface area contributed by atoms with Crippen molar-refractivity contribution in [1.82, 2.24) is 4.90 Å². The monoisotopic (exact) mass is 285 g/mol. The van der Waals surface area contributed by atoms with Gasteiger partial charge < -0.3 is 4.90 Å². The average molecular weight is 285 g/mol. The van der Waals surface area contributed by atoms with Crippen molar-refractivity contribution in [2.45, 2.75) is 44.6 Å². The maximum absolute atomic E-state index is 13.7. The van der Waals surface area contributed by atoms with Gasteiger partial charge in [0.2, 0.25) is 0 Å². The third kappa shape index (κ3) is 3.55. The lowest BCUT2D eigenvalue weighted by atomic mass is 9.82. The normalized spacial score (nSPS) is 22.7. The molecule has 1 fully saturated rings. The molecular formula is C19H24FN. The zero-order valence-electron chi connectivity index (χ0n) is 12.5. The third-order valence-electron chi connectivity index (χ3n) is 4.81. The quantitative estimate of drug-likeness (QED) is 0.775. The van der Waals surface area contributed by atoms with Crippen LogP contribution in [0.3, 0.4) is 0 Å². The van der Waals surface area contributed by atoms with Crippen molar-refractivity contribution in [3.05, 3.63) is 60.1 Å². The second kappa shape index (κ2) is 6.93. The predicted octanol–water partition coefficient (Wildman–Crippen LogP) is 4.70. The van der Waals surface area contributed by atoms with Gasteiger partial charge in [-0.05, 0) is 49.1 Å². The molecule has 1 aliphatic heterocycles. The highest BCUT2D eigenvalue weighted by Crippen LogP contribution is 2.31. The van der Waals surface area contributed by atoms with Crippen LogP contribution in [0.15, 0.2) is 48.7 Å². The summed E-state index contributed by atoms with van der Waals surface area (Å²) in [6.45, 7) is 0.892. The minimum Gasteiger partial charge on any atom is -0.370 e. The van der Waals surface area contributed by atoms with Crippen LogP contribution in [0.2, 0.25) is 0 Å². The molecule has 0 radical (unpaired) electrons. The Labute approximate surface area is 127 Å². The number of hydrogen-bond acceptors (Lipinski definition) is 1. The van der Waals surface area contributed by atoms with Gasteiger partial charge in [-0.3, -0.25) is 0 Å². The first-order valence-corrected chi connectivity index (χ1v) is 8.19. The molecule has 0 saturated heterocycles. The summed E-state index contributed by atoms with van der Waals surface area (Å²) in [6, 6.07) is 7.63. The Morgan fingerprint density at radius 1 is 1.05 bits per heavy atom. The summed E-state index contributed by atoms with van der Waals surface area (Å²) < 4.78 is 13.7. The molecule has 1 heterocycles. The van der Waals surface area contributed by atoms with Crippen LogP contribution in [0.4, 0.5) is 4.39 Å². The second-order valence-corrected chi connectivity index (χ2v) is 6.19. The molecule has 112 valence electrons. The number of halogens is 1. The van der Waals surface area contributed by atoms with Crippen molar-refractivity contribution < 1.29 is 4.39 Å². The van der Waals surface area contributed by atoms with Gasteiger partial charge in [-0.1, -0.05) is 49.6 Å². The molecule has 1 atom stereocenters. The first-order chi connectivity index (χ1) is 10.3. The van der Waals surface area contributed by atoms with E-state index in [0.717, 1.165) is 24.4 Å². The van der Waals surface area contributed by atoms with Crippen LogP contribution in [0.5, 0.6) is 0 Å². The van der Waals surface area contributed by atoms with Gasteiger partial charge in [-0.15, -0.1) is 0 Å². The van der Waals surface area contributed by atoms with E-state index < -0.39 is 0 Å². The van der Waals surface area contributed by atoms with Gasteiger partial charge in [-0.2, -0.15) is 0 Å². The molecule has 1 unspecified atom stereocenters. The summed E-state index contributed by atoms with van der Waals surface area (Å²) in [5, 5.41) is 0. The van der Waals surface area contributed by atoms with Gasteiger partial charge in [-0.25, -0.2) is 4.39 Å². The molecule has 21 heavy (non-hydrogen) atoms. The molecule has 2 aliphatic rings. The number of hydrogen-bond donors (Lipinski definition) is 0. The van der Waals surface area contributed by atoms with Gasteiger partial charge in [0, 0.05) is 12.6 Å². The molecule has 1 nitrogen and oxygen atoms in total. The highest BCUT2D eigenvalue weighted by atomic mass is 19.1. The van der Waals surface area contributed by atoms with E-state index in [0.29, 0.717) is 6.04 Å². The number of rotatable bonds is 4. The van der Waals surface area contributed by atoms with Crippen molar-refractivity contribution in [3.8, 4) is 0 Å². The number of nitrogens with zero attached hydrogens (tertiary/aromatic N) is 1. The summed E-state index contributed by atoms with van der Waals surface area (Å²) in [7, 11) is 0. The highest BCUT2D eigenvalue weighted by Gasteiger charge is 2.26. The summed E-state index contributed by atoms with van der Waals surface area (Å²) in [6.07, 6.45) is 16.3. The van der Waals surface area contributed by atoms with E-state index in [9.17, 15) is 4.39 Å². The van der Waals surface area contributed by atoms with Crippen molar-refractivity contribution in [3.63, 3.8) is 0 Å². The van der Waals surface area contributed by atoms with Crippen LogP contribution in [0, 0.1) is 11.7 Å². The Morgan fingerprint density at radius 3 is 2.67 bits per heavy atom. The van der Waals surface area contributed by atoms with Crippen molar-refractivity contribution in [1.29, 1.82) is 0 Å². The van der Waals surface area contributed by atoms with Crippen molar-refractivity contribution >= 4 is 0 Å². The Balaban J connectivity index is 1.63. The fourth-order valence-electron chi connectivity index (χ4n) is 3.63. The van der Waals surface area contributed by atoms with Crippen LogP contribution in [0.25, 0.3) is 0 Å². The molecule has 0 spiro atoms. The van der Waals surface area contributed by atoms with Gasteiger partial charge in [0.25, 0.3) is 0 Å². The molecule has 0 amide bonds. The zero-order chi connectivity index (χ0) is 14.5. The van der Waals surface area contributed by atoms with Gasteiger partial charge in [0.15, 0.2) is 0 Å². The van der Waals surface area contributed by atoms with Crippen LogP contribution in [-0.4, -0.2) is 17.5 Å². The Morgan fingerprint density at radius 2 is 1.86 bits per heavy atom. The maximum atomic E-state index is 13.7. The molecule has 3 rings (SSSR count). The van der Waals surface area contributed by atoms with E-state index in [1.165, 1.54) is 32.1 Å². The first-order valence-electron chi connectivity index (χ1n) is 8.19. The van der Waals surface area contributed by atoms with Crippen molar-refractivity contribution in [2.75, 3.05) is 6.54 Å². The lowest BCUT2D eigenvalue weighted by molar-refractivity contribution is 0.198. The molecule has 1 aromatic carbocycles. The van der Waals surface area contributed by atoms with E-state index in [2.05, 4.69) is 29.3 Å². The number of benzene rings is 1. The fourth-order valence-corrected chi connectivity index (χ4v) is 3.63. The Bertz CT molecular complexity index is 514. The molecule has 0 bridgehead atoms. The molecule has 1 saturated carbocycles. The van der Waals surface area contributed by atoms with Crippen LogP contribution >= 0.6 is 0 Å². The summed E-state index contributed by atoms with van der Waals surface area (Å²) >= 11 is 0. The average Bonchev–Trinajstić information content (AvgIpc) is 2.55. The maximum Gasteiger partial charge on any atom is 0.126 e. The summed E-state index contributed by atoms with van der Waals surface area (Å²) in [5.41, 5.74) is 0.822. The predicted molar refractivity (Wildman–Crippen MR) is 85.5 cm³/mol. The largest absolute Gasteiger partial charge is 0.370 e.